The first-order valence-electron chi connectivity index (χ1n) is 14.4. The molecule has 2 amide bonds. The summed E-state index contributed by atoms with van der Waals surface area (Å²) >= 11 is 1.56. The monoisotopic (exact) mass is 544 g/mol. The van der Waals surface area contributed by atoms with E-state index in [-0.39, 0.29) is 23.8 Å². The molecule has 3 heterocycles. The molecular weight excluding hydrogens is 506 g/mol. The number of hydrogen-bond donors (Lipinski definition) is 2. The number of thiophene rings is 1. The first kappa shape index (κ1) is 26.2. The summed E-state index contributed by atoms with van der Waals surface area (Å²) in [7, 11) is 0. The molecule has 2 aliphatic rings. The second kappa shape index (κ2) is 10.8. The second-order valence-electron chi connectivity index (χ2n) is 11.2. The minimum atomic E-state index is -0.0977. The number of nitrogens with zero attached hydrogens (tertiary/aromatic N) is 3. The zero-order chi connectivity index (χ0) is 27.0. The number of hydrogen-bond acceptors (Lipinski definition) is 5. The number of aromatic amines is 1. The quantitative estimate of drug-likeness (QED) is 0.277. The number of nitrogens with one attached hydrogen (secondary N) is 2. The normalized spacial score (nSPS) is 19.3. The van der Waals surface area contributed by atoms with E-state index >= 15 is 0 Å². The maximum Gasteiger partial charge on any atom is 0.356 e. The molecule has 8 heteroatoms. The van der Waals surface area contributed by atoms with Gasteiger partial charge in [0.1, 0.15) is 4.88 Å². The lowest BCUT2D eigenvalue weighted by molar-refractivity contribution is -0.883. The van der Waals surface area contributed by atoms with E-state index in [0.29, 0.717) is 4.48 Å². The smallest absolute Gasteiger partial charge is 0.337 e. The molecule has 2 fully saturated rings. The molecule has 7 nitrogen and oxygen atoms in total. The molecule has 2 aromatic carbocycles. The third kappa shape index (κ3) is 5.01. The number of fused-ring (bicyclic) bond motifs is 2. The van der Waals surface area contributed by atoms with Crippen LogP contribution in [0.4, 0.5) is 5.69 Å². The number of piperazine rings is 1. The van der Waals surface area contributed by atoms with Gasteiger partial charge in [0.15, 0.2) is 11.9 Å². The van der Waals surface area contributed by atoms with E-state index in [0.717, 1.165) is 95.9 Å². The molecule has 39 heavy (non-hydrogen) atoms. The highest BCUT2D eigenvalue weighted by atomic mass is 32.1. The van der Waals surface area contributed by atoms with Crippen LogP contribution in [-0.4, -0.2) is 63.9 Å². The lowest BCUT2D eigenvalue weighted by Gasteiger charge is -2.45. The number of para-hydroxylation sites is 2. The van der Waals surface area contributed by atoms with E-state index < -0.39 is 0 Å². The molecule has 204 valence electrons. The standard InChI is InChI=1S/C31H37N5O2S/c1-3-35-15-17-36(18-16-35,21(2)29-33-25-11-7-8-12-26(25)34-29)31(38)28-20-23-19-24(13-14-27(23)39-28)32-30(37)22-9-5-4-6-10-22/h7-8,11-14,19-22H,3-6,9-10,15-18H2,1-2H3,(H-,32,33,34,37)/p+1. The Hall–Kier alpha value is -3.07. The van der Waals surface area contributed by atoms with Crippen molar-refractivity contribution >= 4 is 50.0 Å². The number of likely N-dealkylation sites (N-methyl/N-ethyl adjacent to an activating group) is 1. The Kier molecular flexibility index (Phi) is 7.27. The van der Waals surface area contributed by atoms with Crippen molar-refractivity contribution in [3.8, 4) is 0 Å². The number of H-pyrrole nitrogens is 1. The summed E-state index contributed by atoms with van der Waals surface area (Å²) in [5.74, 6) is 1.26. The van der Waals surface area contributed by atoms with Crippen LogP contribution in [0.15, 0.2) is 48.5 Å². The van der Waals surface area contributed by atoms with Gasteiger partial charge in [-0.1, -0.05) is 38.3 Å². The molecule has 1 saturated carbocycles. The third-order valence-corrected chi connectivity index (χ3v) is 10.1. The lowest BCUT2D eigenvalue weighted by Crippen LogP contribution is -2.63. The molecular formula is C31H38N5O2S+. The number of aromatic nitrogens is 2. The van der Waals surface area contributed by atoms with Crippen LogP contribution in [-0.2, 0) is 4.79 Å². The molecule has 2 aromatic heterocycles. The van der Waals surface area contributed by atoms with Crippen LogP contribution in [0.1, 0.15) is 67.5 Å². The molecule has 1 aliphatic carbocycles. The minimum absolute atomic E-state index is 0.0977. The number of amides is 2. The third-order valence-electron chi connectivity index (χ3n) is 9.00. The predicted octanol–water partition coefficient (Wildman–Crippen LogP) is 6.35. The van der Waals surface area contributed by atoms with E-state index in [2.05, 4.69) is 29.0 Å². The highest BCUT2D eigenvalue weighted by Gasteiger charge is 2.47. The Morgan fingerprint density at radius 1 is 1.10 bits per heavy atom. The zero-order valence-electron chi connectivity index (χ0n) is 22.9. The van der Waals surface area contributed by atoms with Gasteiger partial charge in [0.25, 0.3) is 0 Å². The summed E-state index contributed by atoms with van der Waals surface area (Å²) in [5.41, 5.74) is 2.74. The first-order chi connectivity index (χ1) is 19.0. The van der Waals surface area contributed by atoms with Gasteiger partial charge < -0.3 is 10.3 Å². The van der Waals surface area contributed by atoms with E-state index in [1.165, 1.54) is 6.42 Å². The van der Waals surface area contributed by atoms with Crippen LogP contribution in [0, 0.1) is 5.92 Å². The molecule has 1 aliphatic heterocycles. The minimum Gasteiger partial charge on any atom is -0.337 e. The van der Waals surface area contributed by atoms with Gasteiger partial charge in [0, 0.05) is 29.4 Å². The fourth-order valence-corrected chi connectivity index (χ4v) is 7.47. The van der Waals surface area contributed by atoms with Crippen molar-refractivity contribution in [1.82, 2.24) is 14.9 Å². The maximum absolute atomic E-state index is 14.4. The van der Waals surface area contributed by atoms with Crippen LogP contribution in [0.25, 0.3) is 21.1 Å². The number of quaternary nitrogens is 1. The summed E-state index contributed by atoms with van der Waals surface area (Å²) in [6.45, 7) is 8.59. The van der Waals surface area contributed by atoms with E-state index in [1.54, 1.807) is 11.3 Å². The fourth-order valence-electron chi connectivity index (χ4n) is 6.41. The van der Waals surface area contributed by atoms with Gasteiger partial charge in [-0.05, 0) is 68.1 Å². The van der Waals surface area contributed by atoms with Crippen LogP contribution in [0.2, 0.25) is 0 Å². The van der Waals surface area contributed by atoms with Gasteiger partial charge >= 0.3 is 5.91 Å². The van der Waals surface area contributed by atoms with Crippen molar-refractivity contribution in [1.29, 1.82) is 0 Å². The number of anilines is 1. The summed E-state index contributed by atoms with van der Waals surface area (Å²) in [5, 5.41) is 4.14. The van der Waals surface area contributed by atoms with Crippen molar-refractivity contribution < 1.29 is 14.1 Å². The Labute approximate surface area is 233 Å². The van der Waals surface area contributed by atoms with Crippen molar-refractivity contribution in [3.63, 3.8) is 0 Å². The molecule has 6 rings (SSSR count). The highest BCUT2D eigenvalue weighted by Crippen LogP contribution is 2.37. The van der Waals surface area contributed by atoms with Gasteiger partial charge in [0.05, 0.1) is 24.1 Å². The highest BCUT2D eigenvalue weighted by molar-refractivity contribution is 7.20. The molecule has 1 unspecified atom stereocenters. The van der Waals surface area contributed by atoms with Crippen LogP contribution in [0.5, 0.6) is 0 Å². The van der Waals surface area contributed by atoms with Crippen molar-refractivity contribution in [2.45, 2.75) is 52.0 Å². The largest absolute Gasteiger partial charge is 0.356 e. The molecule has 4 aromatic rings. The van der Waals surface area contributed by atoms with Crippen molar-refractivity contribution in [2.75, 3.05) is 38.0 Å². The number of carbonyl (C=O) groups is 2. The Morgan fingerprint density at radius 3 is 2.62 bits per heavy atom. The molecule has 0 bridgehead atoms. The number of rotatable bonds is 6. The van der Waals surface area contributed by atoms with Gasteiger partial charge in [-0.15, -0.1) is 11.3 Å². The van der Waals surface area contributed by atoms with Crippen LogP contribution >= 0.6 is 11.3 Å². The fraction of sp³-hybridized carbons (Fsp3) is 0.452. The van der Waals surface area contributed by atoms with Gasteiger partial charge in [-0.3, -0.25) is 9.69 Å². The van der Waals surface area contributed by atoms with Gasteiger partial charge in [-0.25, -0.2) is 14.3 Å². The first-order valence-corrected chi connectivity index (χ1v) is 15.2. The molecule has 1 saturated heterocycles. The van der Waals surface area contributed by atoms with Crippen LogP contribution < -0.4 is 5.32 Å². The van der Waals surface area contributed by atoms with E-state index in [9.17, 15) is 9.59 Å². The Bertz CT molecular complexity index is 1460. The SMILES string of the molecule is CCN1CC[N+](C(=O)c2cc3cc(NC(=O)C4CCCCC4)ccc3s2)(C(C)c2nc3ccccc3[nH]2)CC1. The van der Waals surface area contributed by atoms with Crippen molar-refractivity contribution in [2.24, 2.45) is 5.92 Å². The second-order valence-corrected chi connectivity index (χ2v) is 12.3. The summed E-state index contributed by atoms with van der Waals surface area (Å²) in [4.78, 5) is 38.8. The van der Waals surface area contributed by atoms with Gasteiger partial charge in [0.2, 0.25) is 5.91 Å². The van der Waals surface area contributed by atoms with Crippen molar-refractivity contribution in [3.05, 3.63) is 59.2 Å². The number of imidazole rings is 1. The topological polar surface area (TPSA) is 78.1 Å². The zero-order valence-corrected chi connectivity index (χ0v) is 23.7. The molecule has 0 spiro atoms. The predicted molar refractivity (Wildman–Crippen MR) is 158 cm³/mol. The number of carbonyl (C=O) groups excluding carboxylic acids is 2. The average Bonchev–Trinajstić information content (AvgIpc) is 3.61. The Balaban J connectivity index is 1.29. The summed E-state index contributed by atoms with van der Waals surface area (Å²) in [6.07, 6.45) is 5.45. The Morgan fingerprint density at radius 2 is 1.87 bits per heavy atom. The summed E-state index contributed by atoms with van der Waals surface area (Å²) in [6, 6.07) is 16.0. The molecule has 0 radical (unpaired) electrons. The summed E-state index contributed by atoms with van der Waals surface area (Å²) < 4.78 is 1.42. The average molecular weight is 545 g/mol. The van der Waals surface area contributed by atoms with Crippen LogP contribution in [0.3, 0.4) is 0 Å². The van der Waals surface area contributed by atoms with E-state index in [4.69, 9.17) is 4.98 Å². The van der Waals surface area contributed by atoms with Gasteiger partial charge in [-0.2, -0.15) is 0 Å². The molecule has 2 N–H and O–H groups in total. The maximum atomic E-state index is 14.4. The number of benzene rings is 2. The molecule has 1 atom stereocenters. The lowest BCUT2D eigenvalue weighted by atomic mass is 9.88. The van der Waals surface area contributed by atoms with E-state index in [1.807, 2.05) is 48.5 Å².